The van der Waals surface area contributed by atoms with Gasteiger partial charge in [-0.2, -0.15) is 0 Å². The molecule has 0 spiro atoms. The Hall–Kier alpha value is -5.35. The molecule has 0 bridgehead atoms. The monoisotopic (exact) mass is 1460 g/mol. The van der Waals surface area contributed by atoms with E-state index in [-0.39, 0.29) is 38.6 Å². The predicted molar refractivity (Wildman–Crippen MR) is 453 cm³/mol. The zero-order chi connectivity index (χ0) is 76.0. The van der Waals surface area contributed by atoms with Crippen molar-refractivity contribution in [2.24, 2.45) is 0 Å². The highest BCUT2D eigenvalue weighted by Crippen LogP contribution is 2.19. The molecule has 2 atom stereocenters. The van der Waals surface area contributed by atoms with Crippen LogP contribution in [0.15, 0.2) is 170 Å². The number of carbonyl (C=O) groups excluding carboxylic acids is 3. The van der Waals surface area contributed by atoms with Crippen LogP contribution >= 0.6 is 0 Å². The quantitative estimate of drug-likeness (QED) is 0.0195. The van der Waals surface area contributed by atoms with Crippen molar-refractivity contribution in [1.82, 2.24) is 0 Å². The van der Waals surface area contributed by atoms with Crippen LogP contribution in [-0.2, 0) is 33.3 Å². The summed E-state index contributed by atoms with van der Waals surface area (Å²) < 4.78 is 22.9. The van der Waals surface area contributed by atoms with Crippen LogP contribution in [-0.4, -0.2) is 82.3 Å². The number of nitrogens with zero attached hydrogens (tertiary/aromatic N) is 1. The van der Waals surface area contributed by atoms with Crippen LogP contribution in [0, 0.1) is 0 Å². The van der Waals surface area contributed by atoms with Gasteiger partial charge in [-0.15, -0.1) is 0 Å². The SMILES string of the molecule is CC/C=C\C/C=C\C/C=C\C/C=C\C/C=C\C/C=C\C/C=C\CCCCCCCCCCCCCCCCCCCCCC(=O)OC(COC(=O)CCCCCCCCCCCCCCCCCCC/C=C\C/C=C\C/C=C\C/C=C\C/C=C\C/C=C\C/C=C\CC)COC(OCC[N+](C)(C)C)C(=O)[O-]. The van der Waals surface area contributed by atoms with E-state index < -0.39 is 24.3 Å². The molecule has 0 aromatic rings. The fraction of sp³-hybridized carbons (Fsp3) is 0.677. The summed E-state index contributed by atoms with van der Waals surface area (Å²) in [7, 11) is 5.94. The Balaban J connectivity index is 4.00. The third kappa shape index (κ3) is 85.8. The molecular weight excluding hydrogens is 1300 g/mol. The second-order valence-corrected chi connectivity index (χ2v) is 29.7. The minimum Gasteiger partial charge on any atom is -0.545 e. The molecule has 9 heteroatoms. The number of esters is 2. The lowest BCUT2D eigenvalue weighted by atomic mass is 10.0. The Morgan fingerprint density at radius 3 is 0.762 bits per heavy atom. The van der Waals surface area contributed by atoms with E-state index in [0.29, 0.717) is 17.4 Å². The fourth-order valence-corrected chi connectivity index (χ4v) is 12.0. The Morgan fingerprint density at radius 2 is 0.514 bits per heavy atom. The zero-order valence-corrected chi connectivity index (χ0v) is 68.5. The van der Waals surface area contributed by atoms with Gasteiger partial charge in [-0.3, -0.25) is 9.59 Å². The van der Waals surface area contributed by atoms with Gasteiger partial charge in [0.1, 0.15) is 13.2 Å². The van der Waals surface area contributed by atoms with E-state index in [1.807, 2.05) is 21.1 Å². The topological polar surface area (TPSA) is 111 Å². The van der Waals surface area contributed by atoms with Crippen molar-refractivity contribution in [2.45, 2.75) is 373 Å². The van der Waals surface area contributed by atoms with Gasteiger partial charge in [0.2, 0.25) is 0 Å². The van der Waals surface area contributed by atoms with Crippen LogP contribution in [0.4, 0.5) is 0 Å². The number of aliphatic carboxylic acids is 1. The van der Waals surface area contributed by atoms with Crippen molar-refractivity contribution >= 4 is 17.9 Å². The normalized spacial score (nSPS) is 13.5. The second-order valence-electron chi connectivity index (χ2n) is 29.7. The van der Waals surface area contributed by atoms with Gasteiger partial charge in [0.25, 0.3) is 0 Å². The number of unbranched alkanes of at least 4 members (excludes halogenated alkanes) is 36. The first-order valence-electron chi connectivity index (χ1n) is 43.3. The van der Waals surface area contributed by atoms with Crippen molar-refractivity contribution < 1.29 is 42.9 Å². The Labute approximate surface area is 647 Å². The highest BCUT2D eigenvalue weighted by Gasteiger charge is 2.22. The molecule has 0 heterocycles. The van der Waals surface area contributed by atoms with Crippen LogP contribution in [0.2, 0.25) is 0 Å². The first kappa shape index (κ1) is 99.7. The second kappa shape index (κ2) is 84.3. The van der Waals surface area contributed by atoms with E-state index in [9.17, 15) is 19.5 Å². The smallest absolute Gasteiger partial charge is 0.306 e. The number of quaternary nitrogens is 1. The van der Waals surface area contributed by atoms with Gasteiger partial charge in [0, 0.05) is 12.8 Å². The highest BCUT2D eigenvalue weighted by atomic mass is 16.7. The molecule has 9 nitrogen and oxygen atoms in total. The molecule has 0 aliphatic heterocycles. The summed E-state index contributed by atoms with van der Waals surface area (Å²) in [5.74, 6) is -2.27. The lowest BCUT2D eigenvalue weighted by molar-refractivity contribution is -0.870. The molecule has 0 rings (SSSR count). The molecule has 0 fully saturated rings. The van der Waals surface area contributed by atoms with Crippen LogP contribution in [0.1, 0.15) is 361 Å². The average Bonchev–Trinajstić information content (AvgIpc) is 1.18. The minimum absolute atomic E-state index is 0.144. The van der Waals surface area contributed by atoms with Crippen LogP contribution in [0.3, 0.4) is 0 Å². The van der Waals surface area contributed by atoms with E-state index in [4.69, 9.17) is 18.9 Å². The number of ether oxygens (including phenoxy) is 4. The van der Waals surface area contributed by atoms with Gasteiger partial charge in [-0.05, 0) is 128 Å². The van der Waals surface area contributed by atoms with Gasteiger partial charge in [-0.25, -0.2) is 0 Å². The van der Waals surface area contributed by atoms with Gasteiger partial charge < -0.3 is 33.3 Å². The standard InChI is InChI=1S/C96H161NO8/c1-6-8-10-12-14-16-18-20-22-24-26-28-30-32-34-36-38-40-42-44-46-47-49-51-53-55-57-59-61-63-65-67-69-71-73-75-77-79-81-83-85-87-94(99)105-92(91-104-96(95(100)101)102-89-88-97(3,4)5)90-103-93(98)86-84-82-80-78-76-74-72-70-68-66-64-62-60-58-56-54-52-50-48-45-43-41-39-37-35-33-31-29-27-25-23-21-19-17-15-13-11-9-7-2/h8-11,14-17,20-23,26-29,32-35,38-41,44-46,48,92,96H,6-7,12-13,18-19,24-25,30-31,36-37,42-43,47,49-91H2,1-5H3/b10-8-,11-9-,16-14-,17-15-,22-20-,23-21-,28-26-,29-27-,34-32-,35-33-,40-38-,41-39-,46-44-,48-45-. The summed E-state index contributed by atoms with van der Waals surface area (Å²) in [6, 6.07) is 0. The summed E-state index contributed by atoms with van der Waals surface area (Å²) in [6.45, 7) is 4.55. The fourth-order valence-electron chi connectivity index (χ4n) is 12.0. The first-order valence-corrected chi connectivity index (χ1v) is 43.3. The number of likely N-dealkylation sites (N-methyl/N-ethyl adjacent to an activating group) is 1. The molecule has 0 saturated carbocycles. The van der Waals surface area contributed by atoms with Gasteiger partial charge in [-0.1, -0.05) is 389 Å². The highest BCUT2D eigenvalue weighted by molar-refractivity contribution is 5.70. The number of carboxylic acids is 1. The van der Waals surface area contributed by atoms with E-state index in [2.05, 4.69) is 184 Å². The number of carbonyl (C=O) groups is 3. The third-order valence-corrected chi connectivity index (χ3v) is 18.5. The van der Waals surface area contributed by atoms with Crippen molar-refractivity contribution in [2.75, 3.05) is 47.5 Å². The predicted octanol–water partition coefficient (Wildman–Crippen LogP) is 27.1. The maximum Gasteiger partial charge on any atom is 0.306 e. The molecule has 0 N–H and O–H groups in total. The number of allylic oxidation sites excluding steroid dienone is 28. The average molecular weight is 1460 g/mol. The van der Waals surface area contributed by atoms with E-state index >= 15 is 0 Å². The third-order valence-electron chi connectivity index (χ3n) is 18.5. The molecule has 0 radical (unpaired) electrons. The number of hydrogen-bond donors (Lipinski definition) is 0. The molecule has 0 aromatic heterocycles. The van der Waals surface area contributed by atoms with Crippen LogP contribution < -0.4 is 5.11 Å². The summed E-state index contributed by atoms with van der Waals surface area (Å²) in [5.41, 5.74) is 0. The Bertz CT molecular complexity index is 2350. The lowest BCUT2D eigenvalue weighted by Crippen LogP contribution is -2.44. The van der Waals surface area contributed by atoms with Gasteiger partial charge >= 0.3 is 11.9 Å². The van der Waals surface area contributed by atoms with Gasteiger partial charge in [0.15, 0.2) is 12.4 Å². The van der Waals surface area contributed by atoms with Crippen molar-refractivity contribution in [1.29, 1.82) is 0 Å². The van der Waals surface area contributed by atoms with E-state index in [0.717, 1.165) is 128 Å². The Kier molecular flexibility index (Phi) is 80.0. The maximum absolute atomic E-state index is 13.0. The molecule has 0 amide bonds. The number of hydrogen-bond acceptors (Lipinski definition) is 8. The summed E-state index contributed by atoms with van der Waals surface area (Å²) in [6.07, 6.45) is 123. The summed E-state index contributed by atoms with van der Waals surface area (Å²) in [5, 5.41) is 11.9. The van der Waals surface area contributed by atoms with Crippen LogP contribution in [0.25, 0.3) is 0 Å². The molecule has 0 aliphatic carbocycles. The largest absolute Gasteiger partial charge is 0.545 e. The summed E-state index contributed by atoms with van der Waals surface area (Å²) in [4.78, 5) is 37.7. The van der Waals surface area contributed by atoms with Crippen molar-refractivity contribution in [3.63, 3.8) is 0 Å². The lowest BCUT2D eigenvalue weighted by Gasteiger charge is -2.26. The van der Waals surface area contributed by atoms with Gasteiger partial charge in [0.05, 0.1) is 40.3 Å². The number of rotatable bonds is 79. The molecule has 105 heavy (non-hydrogen) atoms. The van der Waals surface area contributed by atoms with E-state index in [1.54, 1.807) is 0 Å². The summed E-state index contributed by atoms with van der Waals surface area (Å²) >= 11 is 0. The molecule has 2 unspecified atom stereocenters. The van der Waals surface area contributed by atoms with E-state index in [1.165, 1.54) is 199 Å². The molecule has 0 aliphatic rings. The molecular formula is C96H161NO8. The minimum atomic E-state index is -1.63. The first-order chi connectivity index (χ1) is 51.6. The molecule has 0 aromatic carbocycles. The van der Waals surface area contributed by atoms with Crippen molar-refractivity contribution in [3.8, 4) is 0 Å². The van der Waals surface area contributed by atoms with Crippen LogP contribution in [0.5, 0.6) is 0 Å². The maximum atomic E-state index is 13.0. The zero-order valence-electron chi connectivity index (χ0n) is 68.5. The molecule has 598 valence electrons. The van der Waals surface area contributed by atoms with Crippen molar-refractivity contribution in [3.05, 3.63) is 170 Å². The Morgan fingerprint density at radius 1 is 0.286 bits per heavy atom. The number of carboxylic acid groups (broad SMARTS) is 1. The molecule has 0 saturated heterocycles.